The number of hydrogen-bond acceptors (Lipinski definition) is 4. The van der Waals surface area contributed by atoms with Crippen LogP contribution in [0.3, 0.4) is 0 Å². The van der Waals surface area contributed by atoms with E-state index in [2.05, 4.69) is 10.3 Å². The van der Waals surface area contributed by atoms with Gasteiger partial charge in [0.1, 0.15) is 0 Å². The molecule has 0 saturated carbocycles. The van der Waals surface area contributed by atoms with Crippen molar-refractivity contribution >= 4 is 16.9 Å². The Labute approximate surface area is 76.7 Å². The fourth-order valence-corrected chi connectivity index (χ4v) is 0.851. The third-order valence-corrected chi connectivity index (χ3v) is 1.83. The van der Waals surface area contributed by atoms with Gasteiger partial charge < -0.3 is 5.11 Å². The summed E-state index contributed by atoms with van der Waals surface area (Å²) < 4.78 is 0. The van der Waals surface area contributed by atoms with E-state index in [9.17, 15) is 0 Å². The minimum atomic E-state index is 0.123. The molecule has 0 aromatic rings. The van der Waals surface area contributed by atoms with Gasteiger partial charge in [-0.2, -0.15) is 5.26 Å². The van der Waals surface area contributed by atoms with Crippen LogP contribution in [0.5, 0.6) is 0 Å². The number of nitrogens with zero attached hydrogens (tertiary/aromatic N) is 2. The minimum Gasteiger partial charge on any atom is -0.396 e. The predicted octanol–water partition coefficient (Wildman–Crippen LogP) is 0.404. The molecule has 1 atom stereocenters. The molecule has 0 spiro atoms. The number of rotatable bonds is 3. The molecule has 68 valence electrons. The van der Waals surface area contributed by atoms with Gasteiger partial charge in [-0.1, -0.05) is 18.7 Å². The highest BCUT2D eigenvalue weighted by Crippen LogP contribution is 1.98. The first-order valence-corrected chi connectivity index (χ1v) is 4.81. The van der Waals surface area contributed by atoms with Gasteiger partial charge in [0.05, 0.1) is 0 Å². The number of hydrogen-bond donors (Lipinski definition) is 2. The highest BCUT2D eigenvalue weighted by Gasteiger charge is 1.99. The number of amidine groups is 1. The van der Waals surface area contributed by atoms with Crippen LogP contribution in [0, 0.1) is 17.4 Å². The van der Waals surface area contributed by atoms with E-state index in [4.69, 9.17) is 10.4 Å². The normalized spacial score (nSPS) is 13.7. The van der Waals surface area contributed by atoms with Crippen LogP contribution in [0.15, 0.2) is 4.99 Å². The fourth-order valence-electron chi connectivity index (χ4n) is 0.499. The maximum Gasteiger partial charge on any atom is 0.183 e. The maximum absolute atomic E-state index is 8.69. The lowest BCUT2D eigenvalue weighted by Gasteiger charge is -2.04. The summed E-state index contributed by atoms with van der Waals surface area (Å²) in [6.45, 7) is 2.56. The number of nitriles is 1. The van der Waals surface area contributed by atoms with Crippen LogP contribution in [0.2, 0.25) is 0 Å². The molecular weight excluding hydrogens is 174 g/mol. The molecular formula is C7H13N3OS. The number of thioether (sulfide) groups is 1. The zero-order valence-electron chi connectivity index (χ0n) is 7.24. The Kier molecular flexibility index (Phi) is 6.53. The average molecular weight is 187 g/mol. The summed E-state index contributed by atoms with van der Waals surface area (Å²) in [4.78, 5) is 4.09. The Bertz CT molecular complexity index is 188. The molecule has 0 aromatic carbocycles. The van der Waals surface area contributed by atoms with E-state index in [1.54, 1.807) is 6.19 Å². The number of aliphatic imine (C=N–C) groups is 1. The maximum atomic E-state index is 8.69. The van der Waals surface area contributed by atoms with Crippen molar-refractivity contribution in [2.75, 3.05) is 19.4 Å². The van der Waals surface area contributed by atoms with Crippen molar-refractivity contribution in [3.05, 3.63) is 0 Å². The second-order valence-electron chi connectivity index (χ2n) is 2.37. The van der Waals surface area contributed by atoms with Crippen LogP contribution in [0.25, 0.3) is 0 Å². The smallest absolute Gasteiger partial charge is 0.183 e. The molecule has 4 nitrogen and oxygen atoms in total. The molecule has 12 heavy (non-hydrogen) atoms. The molecule has 5 heteroatoms. The monoisotopic (exact) mass is 187 g/mol. The van der Waals surface area contributed by atoms with Gasteiger partial charge in [0.2, 0.25) is 0 Å². The molecule has 0 aliphatic rings. The van der Waals surface area contributed by atoms with Crippen LogP contribution < -0.4 is 5.32 Å². The minimum absolute atomic E-state index is 0.123. The average Bonchev–Trinajstić information content (AvgIpc) is 2.11. The lowest BCUT2D eigenvalue weighted by Crippen LogP contribution is -2.15. The lowest BCUT2D eigenvalue weighted by molar-refractivity contribution is 0.242. The topological polar surface area (TPSA) is 68.4 Å². The van der Waals surface area contributed by atoms with E-state index in [0.29, 0.717) is 11.7 Å². The Hall–Kier alpha value is -0.730. The molecule has 0 heterocycles. The molecule has 0 fully saturated rings. The molecule has 0 saturated heterocycles. The van der Waals surface area contributed by atoms with Crippen molar-refractivity contribution in [3.63, 3.8) is 0 Å². The lowest BCUT2D eigenvalue weighted by atomic mass is 10.2. The third-order valence-electron chi connectivity index (χ3n) is 1.21. The van der Waals surface area contributed by atoms with E-state index < -0.39 is 0 Å². The third kappa shape index (κ3) is 4.99. The Morgan fingerprint density at radius 2 is 2.50 bits per heavy atom. The molecule has 0 radical (unpaired) electrons. The first-order chi connectivity index (χ1) is 5.74. The SMILES string of the molecule is CSC(=NCC(C)CO)NC#N. The predicted molar refractivity (Wildman–Crippen MR) is 50.8 cm³/mol. The van der Waals surface area contributed by atoms with Crippen molar-refractivity contribution in [3.8, 4) is 6.19 Å². The van der Waals surface area contributed by atoms with Crippen molar-refractivity contribution < 1.29 is 5.11 Å². The zero-order chi connectivity index (χ0) is 9.40. The molecule has 0 bridgehead atoms. The van der Waals surface area contributed by atoms with Crippen molar-refractivity contribution in [1.29, 1.82) is 5.26 Å². The molecule has 2 N–H and O–H groups in total. The Balaban J connectivity index is 3.86. The Morgan fingerprint density at radius 3 is 2.92 bits per heavy atom. The summed E-state index contributed by atoms with van der Waals surface area (Å²) >= 11 is 1.38. The van der Waals surface area contributed by atoms with Crippen LogP contribution in [0.1, 0.15) is 6.92 Å². The first-order valence-electron chi connectivity index (χ1n) is 3.59. The zero-order valence-corrected chi connectivity index (χ0v) is 8.06. The van der Waals surface area contributed by atoms with Crippen LogP contribution in [-0.4, -0.2) is 29.7 Å². The second kappa shape index (κ2) is 6.95. The van der Waals surface area contributed by atoms with Crippen molar-refractivity contribution in [1.82, 2.24) is 5.32 Å². The van der Waals surface area contributed by atoms with Gasteiger partial charge >= 0.3 is 0 Å². The highest BCUT2D eigenvalue weighted by atomic mass is 32.2. The molecule has 0 aliphatic carbocycles. The Morgan fingerprint density at radius 1 is 1.83 bits per heavy atom. The van der Waals surface area contributed by atoms with Crippen molar-refractivity contribution in [2.45, 2.75) is 6.92 Å². The van der Waals surface area contributed by atoms with Crippen LogP contribution in [0.4, 0.5) is 0 Å². The van der Waals surface area contributed by atoms with E-state index in [1.807, 2.05) is 13.2 Å². The summed E-state index contributed by atoms with van der Waals surface area (Å²) in [5.74, 6) is 0.146. The molecule has 0 rings (SSSR count). The van der Waals surface area contributed by atoms with Gasteiger partial charge in [0.15, 0.2) is 11.4 Å². The summed E-state index contributed by atoms with van der Waals surface area (Å²) in [6.07, 6.45) is 3.64. The van der Waals surface area contributed by atoms with Gasteiger partial charge in [0, 0.05) is 13.2 Å². The number of aliphatic hydroxyl groups excluding tert-OH is 1. The van der Waals surface area contributed by atoms with E-state index in [1.165, 1.54) is 11.8 Å². The molecule has 0 amide bonds. The van der Waals surface area contributed by atoms with Gasteiger partial charge in [-0.25, -0.2) is 0 Å². The highest BCUT2D eigenvalue weighted by molar-refractivity contribution is 8.13. The summed E-state index contributed by atoms with van der Waals surface area (Å²) in [5.41, 5.74) is 0. The van der Waals surface area contributed by atoms with E-state index in [-0.39, 0.29) is 12.5 Å². The quantitative estimate of drug-likeness (QED) is 0.290. The second-order valence-corrected chi connectivity index (χ2v) is 3.17. The molecule has 0 aromatic heterocycles. The number of nitrogens with one attached hydrogen (secondary N) is 1. The van der Waals surface area contributed by atoms with Gasteiger partial charge in [-0.15, -0.1) is 0 Å². The largest absolute Gasteiger partial charge is 0.396 e. The molecule has 1 unspecified atom stereocenters. The molecule has 0 aliphatic heterocycles. The van der Waals surface area contributed by atoms with Gasteiger partial charge in [-0.3, -0.25) is 10.3 Å². The summed E-state index contributed by atoms with van der Waals surface area (Å²) in [5, 5.41) is 20.0. The van der Waals surface area contributed by atoms with E-state index >= 15 is 0 Å². The van der Waals surface area contributed by atoms with Crippen LogP contribution >= 0.6 is 11.8 Å². The summed E-state index contributed by atoms with van der Waals surface area (Å²) in [7, 11) is 0. The fraction of sp³-hybridized carbons (Fsp3) is 0.714. The van der Waals surface area contributed by atoms with Gasteiger partial charge in [-0.05, 0) is 12.2 Å². The standard InChI is InChI=1S/C7H13N3OS/c1-6(4-11)3-9-7(12-2)10-5-8/h6,11H,3-4H2,1-2H3,(H,9,10). The summed E-state index contributed by atoms with van der Waals surface area (Å²) in [6, 6.07) is 0. The first kappa shape index (κ1) is 11.3. The van der Waals surface area contributed by atoms with E-state index in [0.717, 1.165) is 0 Å². The van der Waals surface area contributed by atoms with Crippen LogP contribution in [-0.2, 0) is 0 Å². The van der Waals surface area contributed by atoms with Gasteiger partial charge in [0.25, 0.3) is 0 Å². The number of aliphatic hydroxyl groups is 1. The van der Waals surface area contributed by atoms with Crippen molar-refractivity contribution in [2.24, 2.45) is 10.9 Å².